The van der Waals surface area contributed by atoms with E-state index in [4.69, 9.17) is 27.9 Å². The maximum atomic E-state index is 12.4. The van der Waals surface area contributed by atoms with Crippen LogP contribution in [0.1, 0.15) is 6.92 Å². The normalized spacial score (nSPS) is 12.2. The van der Waals surface area contributed by atoms with E-state index in [9.17, 15) is 9.59 Å². The first kappa shape index (κ1) is 18.4. The Bertz CT molecular complexity index is 1060. The van der Waals surface area contributed by atoms with Crippen molar-refractivity contribution in [3.05, 3.63) is 56.9 Å². The second kappa shape index (κ2) is 7.05. The van der Waals surface area contributed by atoms with E-state index >= 15 is 0 Å². The number of aromatic nitrogens is 2. The molecule has 1 aromatic heterocycles. The van der Waals surface area contributed by atoms with Gasteiger partial charge in [-0.25, -0.2) is 4.79 Å². The van der Waals surface area contributed by atoms with E-state index < -0.39 is 6.10 Å². The van der Waals surface area contributed by atoms with Crippen LogP contribution in [0.15, 0.2) is 41.2 Å². The van der Waals surface area contributed by atoms with Crippen LogP contribution < -0.4 is 15.7 Å². The Kier molecular flexibility index (Phi) is 4.98. The fraction of sp³-hybridized carbons (Fsp3) is 0.222. The van der Waals surface area contributed by atoms with Gasteiger partial charge in [-0.2, -0.15) is 0 Å². The van der Waals surface area contributed by atoms with E-state index in [1.165, 1.54) is 4.57 Å². The van der Waals surface area contributed by atoms with E-state index in [1.807, 2.05) is 0 Å². The van der Waals surface area contributed by atoms with Crippen LogP contribution in [0.3, 0.4) is 0 Å². The zero-order chi connectivity index (χ0) is 19.0. The molecule has 1 amide bonds. The number of carbonyl (C=O) groups is 1. The summed E-state index contributed by atoms with van der Waals surface area (Å²) in [6, 6.07) is 10.1. The van der Waals surface area contributed by atoms with Gasteiger partial charge in [0, 0.05) is 25.8 Å². The first-order valence-corrected chi connectivity index (χ1v) is 8.61. The van der Waals surface area contributed by atoms with Gasteiger partial charge >= 0.3 is 5.69 Å². The number of amides is 1. The summed E-state index contributed by atoms with van der Waals surface area (Å²) in [7, 11) is 3.39. The molecule has 0 fully saturated rings. The highest BCUT2D eigenvalue weighted by Gasteiger charge is 2.16. The van der Waals surface area contributed by atoms with Gasteiger partial charge in [0.25, 0.3) is 5.91 Å². The molecule has 6 nitrogen and oxygen atoms in total. The van der Waals surface area contributed by atoms with Gasteiger partial charge in [0.1, 0.15) is 5.75 Å². The van der Waals surface area contributed by atoms with E-state index in [0.717, 1.165) is 11.0 Å². The summed E-state index contributed by atoms with van der Waals surface area (Å²) in [5, 5.41) is 3.56. The fourth-order valence-corrected chi connectivity index (χ4v) is 2.92. The summed E-state index contributed by atoms with van der Waals surface area (Å²) in [4.78, 5) is 24.4. The van der Waals surface area contributed by atoms with Gasteiger partial charge < -0.3 is 10.1 Å². The standard InChI is InChI=1S/C18H17Cl2N3O3/c1-10(26-12-5-6-13(19)14(20)9-12)17(24)21-11-4-7-15-16(8-11)23(3)18(25)22(15)2/h4-10H,1-3H3,(H,21,24). The molecule has 1 unspecified atom stereocenters. The topological polar surface area (TPSA) is 65.3 Å². The number of nitrogens with one attached hydrogen (secondary N) is 1. The molecule has 0 aliphatic carbocycles. The number of aryl methyl sites for hydroxylation is 2. The van der Waals surface area contributed by atoms with Crippen molar-refractivity contribution in [1.82, 2.24) is 9.13 Å². The lowest BCUT2D eigenvalue weighted by molar-refractivity contribution is -0.122. The number of carbonyl (C=O) groups excluding carboxylic acids is 1. The molecule has 2 aromatic carbocycles. The molecule has 0 aliphatic rings. The number of halogens is 2. The molecule has 0 saturated carbocycles. The van der Waals surface area contributed by atoms with Crippen molar-refractivity contribution in [3.8, 4) is 5.75 Å². The maximum absolute atomic E-state index is 12.4. The summed E-state index contributed by atoms with van der Waals surface area (Å²) >= 11 is 11.8. The third-order valence-electron chi connectivity index (χ3n) is 4.11. The predicted octanol–water partition coefficient (Wildman–Crippen LogP) is 3.59. The Morgan fingerprint density at radius 1 is 1.04 bits per heavy atom. The van der Waals surface area contributed by atoms with Gasteiger partial charge in [0.15, 0.2) is 6.10 Å². The second-order valence-electron chi connectivity index (χ2n) is 5.93. The number of hydrogen-bond donors (Lipinski definition) is 1. The average molecular weight is 394 g/mol. The first-order valence-electron chi connectivity index (χ1n) is 7.86. The Morgan fingerprint density at radius 2 is 1.73 bits per heavy atom. The summed E-state index contributed by atoms with van der Waals surface area (Å²) in [6.07, 6.45) is -0.748. The largest absolute Gasteiger partial charge is 0.481 e. The molecular weight excluding hydrogens is 377 g/mol. The number of ether oxygens (including phenoxy) is 1. The number of hydrogen-bond acceptors (Lipinski definition) is 3. The zero-order valence-corrected chi connectivity index (χ0v) is 15.9. The summed E-state index contributed by atoms with van der Waals surface area (Å²) < 4.78 is 8.69. The molecule has 1 atom stereocenters. The van der Waals surface area contributed by atoms with E-state index in [2.05, 4.69) is 5.32 Å². The molecule has 136 valence electrons. The molecule has 0 aliphatic heterocycles. The third-order valence-corrected chi connectivity index (χ3v) is 4.85. The van der Waals surface area contributed by atoms with Crippen molar-refractivity contribution in [1.29, 1.82) is 0 Å². The van der Waals surface area contributed by atoms with Gasteiger partial charge in [-0.1, -0.05) is 23.2 Å². The Morgan fingerprint density at radius 3 is 2.42 bits per heavy atom. The van der Waals surface area contributed by atoms with E-state index in [1.54, 1.807) is 62.0 Å². The van der Waals surface area contributed by atoms with Gasteiger partial charge in [-0.3, -0.25) is 13.9 Å². The minimum atomic E-state index is -0.748. The van der Waals surface area contributed by atoms with Crippen molar-refractivity contribution in [3.63, 3.8) is 0 Å². The summed E-state index contributed by atoms with van der Waals surface area (Å²) in [5.74, 6) is 0.124. The maximum Gasteiger partial charge on any atom is 0.328 e. The number of benzene rings is 2. The van der Waals surface area contributed by atoms with Crippen LogP contribution in [0.2, 0.25) is 10.0 Å². The first-order chi connectivity index (χ1) is 12.3. The monoisotopic (exact) mass is 393 g/mol. The number of nitrogens with zero attached hydrogens (tertiary/aromatic N) is 2. The van der Waals surface area contributed by atoms with Crippen molar-refractivity contribution in [2.24, 2.45) is 14.1 Å². The lowest BCUT2D eigenvalue weighted by atomic mass is 10.2. The molecule has 0 bridgehead atoms. The molecule has 0 radical (unpaired) electrons. The lowest BCUT2D eigenvalue weighted by Crippen LogP contribution is -2.30. The summed E-state index contributed by atoms with van der Waals surface area (Å²) in [6.45, 7) is 1.63. The van der Waals surface area contributed by atoms with Crippen molar-refractivity contribution in [2.45, 2.75) is 13.0 Å². The van der Waals surface area contributed by atoms with Gasteiger partial charge in [0.2, 0.25) is 0 Å². The second-order valence-corrected chi connectivity index (χ2v) is 6.74. The number of fused-ring (bicyclic) bond motifs is 1. The average Bonchev–Trinajstić information content (AvgIpc) is 2.82. The van der Waals surface area contributed by atoms with Crippen molar-refractivity contribution in [2.75, 3.05) is 5.32 Å². The van der Waals surface area contributed by atoms with Gasteiger partial charge in [-0.15, -0.1) is 0 Å². The van der Waals surface area contributed by atoms with Crippen LogP contribution in [0.25, 0.3) is 11.0 Å². The van der Waals surface area contributed by atoms with Crippen molar-refractivity contribution < 1.29 is 9.53 Å². The van der Waals surface area contributed by atoms with Crippen LogP contribution in [0, 0.1) is 0 Å². The van der Waals surface area contributed by atoms with Crippen LogP contribution in [-0.4, -0.2) is 21.1 Å². The predicted molar refractivity (Wildman–Crippen MR) is 103 cm³/mol. The molecule has 3 aromatic rings. The number of anilines is 1. The molecule has 3 rings (SSSR count). The van der Waals surface area contributed by atoms with Crippen LogP contribution >= 0.6 is 23.2 Å². The molecule has 26 heavy (non-hydrogen) atoms. The van der Waals surface area contributed by atoms with E-state index in [0.29, 0.717) is 21.5 Å². The molecule has 0 saturated heterocycles. The molecule has 8 heteroatoms. The molecular formula is C18H17Cl2N3O3. The fourth-order valence-electron chi connectivity index (χ4n) is 2.64. The minimum absolute atomic E-state index is 0.125. The molecule has 0 spiro atoms. The Hall–Kier alpha value is -2.44. The summed E-state index contributed by atoms with van der Waals surface area (Å²) in [5.41, 5.74) is 1.97. The highest BCUT2D eigenvalue weighted by Crippen LogP contribution is 2.27. The quantitative estimate of drug-likeness (QED) is 0.736. The van der Waals surface area contributed by atoms with Crippen LogP contribution in [-0.2, 0) is 18.9 Å². The lowest BCUT2D eigenvalue weighted by Gasteiger charge is -2.15. The highest BCUT2D eigenvalue weighted by atomic mass is 35.5. The number of imidazole rings is 1. The van der Waals surface area contributed by atoms with E-state index in [-0.39, 0.29) is 11.6 Å². The Balaban J connectivity index is 1.76. The highest BCUT2D eigenvalue weighted by molar-refractivity contribution is 6.42. The zero-order valence-electron chi connectivity index (χ0n) is 14.4. The molecule has 1 N–H and O–H groups in total. The van der Waals surface area contributed by atoms with Crippen LogP contribution in [0.5, 0.6) is 5.75 Å². The Labute approximate surface area is 159 Å². The minimum Gasteiger partial charge on any atom is -0.481 e. The number of rotatable bonds is 4. The van der Waals surface area contributed by atoms with Gasteiger partial charge in [0.05, 0.1) is 21.1 Å². The van der Waals surface area contributed by atoms with Crippen molar-refractivity contribution >= 4 is 45.8 Å². The third kappa shape index (κ3) is 3.43. The van der Waals surface area contributed by atoms with Crippen LogP contribution in [0.4, 0.5) is 5.69 Å². The SMILES string of the molecule is CC(Oc1ccc(Cl)c(Cl)c1)C(=O)Nc1ccc2c(c1)n(C)c(=O)n2C. The van der Waals surface area contributed by atoms with Gasteiger partial charge in [-0.05, 0) is 37.3 Å². The smallest absolute Gasteiger partial charge is 0.328 e. The molecule has 1 heterocycles.